The second-order valence-corrected chi connectivity index (χ2v) is 7.05. The number of aryl methyl sites for hydroxylation is 2. The highest BCUT2D eigenvalue weighted by molar-refractivity contribution is 9.10. The first-order valence-electron chi connectivity index (χ1n) is 8.61. The van der Waals surface area contributed by atoms with E-state index in [1.165, 1.54) is 72.7 Å². The van der Waals surface area contributed by atoms with Crippen LogP contribution in [0.3, 0.4) is 0 Å². The van der Waals surface area contributed by atoms with Crippen molar-refractivity contribution in [2.24, 2.45) is 0 Å². The van der Waals surface area contributed by atoms with Gasteiger partial charge in [0.25, 0.3) is 0 Å². The monoisotopic (exact) mass is 353 g/mol. The first-order valence-corrected chi connectivity index (χ1v) is 9.41. The Morgan fingerprint density at radius 1 is 0.905 bits per heavy atom. The number of hydrogen-bond donors (Lipinski definition) is 1. The van der Waals surface area contributed by atoms with Crippen LogP contribution in [0.25, 0.3) is 0 Å². The molecule has 0 aliphatic heterocycles. The molecule has 0 amide bonds. The maximum atomic E-state index is 3.78. The molecule has 0 aromatic heterocycles. The SMILES string of the molecule is CCCCCC(CCCCC)Nc1cc(C)c(Br)c(C)c1. The number of nitrogens with one attached hydrogen (secondary N) is 1. The van der Waals surface area contributed by atoms with Gasteiger partial charge in [-0.05, 0) is 49.9 Å². The van der Waals surface area contributed by atoms with Crippen molar-refractivity contribution in [1.29, 1.82) is 0 Å². The number of benzene rings is 1. The van der Waals surface area contributed by atoms with Crippen LogP contribution < -0.4 is 5.32 Å². The van der Waals surface area contributed by atoms with Crippen molar-refractivity contribution in [3.05, 3.63) is 27.7 Å². The van der Waals surface area contributed by atoms with Gasteiger partial charge in [0, 0.05) is 16.2 Å². The van der Waals surface area contributed by atoms with Gasteiger partial charge in [0.2, 0.25) is 0 Å². The van der Waals surface area contributed by atoms with Gasteiger partial charge in [-0.25, -0.2) is 0 Å². The molecule has 0 spiro atoms. The summed E-state index contributed by atoms with van der Waals surface area (Å²) in [5.74, 6) is 0. The average molecular weight is 354 g/mol. The van der Waals surface area contributed by atoms with E-state index in [4.69, 9.17) is 0 Å². The maximum Gasteiger partial charge on any atom is 0.0348 e. The summed E-state index contributed by atoms with van der Waals surface area (Å²) < 4.78 is 1.24. The standard InChI is InChI=1S/C19H32BrN/c1-5-7-9-11-17(12-10-8-6-2)21-18-13-15(3)19(20)16(4)14-18/h13-14,17,21H,5-12H2,1-4H3. The van der Waals surface area contributed by atoms with E-state index in [0.717, 1.165) is 0 Å². The molecule has 0 aliphatic rings. The lowest BCUT2D eigenvalue weighted by Crippen LogP contribution is -2.19. The van der Waals surface area contributed by atoms with Gasteiger partial charge < -0.3 is 5.32 Å². The second kappa shape index (κ2) is 10.3. The Balaban J connectivity index is 2.65. The zero-order valence-corrected chi connectivity index (χ0v) is 15.9. The topological polar surface area (TPSA) is 12.0 Å². The summed E-state index contributed by atoms with van der Waals surface area (Å²) in [6, 6.07) is 5.16. The van der Waals surface area contributed by atoms with Crippen LogP contribution in [-0.2, 0) is 0 Å². The summed E-state index contributed by atoms with van der Waals surface area (Å²) in [7, 11) is 0. The summed E-state index contributed by atoms with van der Waals surface area (Å²) in [5.41, 5.74) is 3.92. The Morgan fingerprint density at radius 3 is 1.81 bits per heavy atom. The molecule has 2 heteroatoms. The molecule has 0 radical (unpaired) electrons. The van der Waals surface area contributed by atoms with Crippen molar-refractivity contribution in [3.63, 3.8) is 0 Å². The molecule has 0 unspecified atom stereocenters. The predicted octanol–water partition coefficient (Wildman–Crippen LogP) is 7.01. The minimum Gasteiger partial charge on any atom is -0.382 e. The van der Waals surface area contributed by atoms with E-state index in [1.807, 2.05) is 0 Å². The second-order valence-electron chi connectivity index (χ2n) is 6.26. The fourth-order valence-electron chi connectivity index (χ4n) is 2.84. The van der Waals surface area contributed by atoms with Crippen LogP contribution >= 0.6 is 15.9 Å². The lowest BCUT2D eigenvalue weighted by Gasteiger charge is -2.21. The summed E-state index contributed by atoms with van der Waals surface area (Å²) in [6.45, 7) is 8.90. The van der Waals surface area contributed by atoms with E-state index in [9.17, 15) is 0 Å². The molecule has 0 saturated carbocycles. The molecule has 0 fully saturated rings. The van der Waals surface area contributed by atoms with Crippen LogP contribution in [0.4, 0.5) is 5.69 Å². The first kappa shape index (κ1) is 18.5. The number of rotatable bonds is 10. The van der Waals surface area contributed by atoms with Crippen molar-refractivity contribution < 1.29 is 0 Å². The molecule has 120 valence electrons. The Labute approximate surface area is 140 Å². The van der Waals surface area contributed by atoms with E-state index in [-0.39, 0.29) is 0 Å². The lowest BCUT2D eigenvalue weighted by atomic mass is 10.0. The molecule has 1 aromatic rings. The number of hydrogen-bond acceptors (Lipinski definition) is 1. The molecule has 1 N–H and O–H groups in total. The predicted molar refractivity (Wildman–Crippen MR) is 99.3 cm³/mol. The van der Waals surface area contributed by atoms with E-state index < -0.39 is 0 Å². The summed E-state index contributed by atoms with van der Waals surface area (Å²) in [4.78, 5) is 0. The van der Waals surface area contributed by atoms with Crippen LogP contribution in [-0.4, -0.2) is 6.04 Å². The molecule has 1 nitrogen and oxygen atoms in total. The van der Waals surface area contributed by atoms with Crippen molar-refractivity contribution in [1.82, 2.24) is 0 Å². The average Bonchev–Trinajstić information content (AvgIpc) is 2.45. The van der Waals surface area contributed by atoms with Gasteiger partial charge in [0.1, 0.15) is 0 Å². The minimum absolute atomic E-state index is 0.628. The van der Waals surface area contributed by atoms with Crippen molar-refractivity contribution in [3.8, 4) is 0 Å². The van der Waals surface area contributed by atoms with Crippen LogP contribution in [0.5, 0.6) is 0 Å². The molecular formula is C19H32BrN. The normalized spacial score (nSPS) is 11.1. The molecule has 0 heterocycles. The van der Waals surface area contributed by atoms with Crippen LogP contribution in [0.2, 0.25) is 0 Å². The van der Waals surface area contributed by atoms with Gasteiger partial charge in [0.15, 0.2) is 0 Å². The largest absolute Gasteiger partial charge is 0.382 e. The number of anilines is 1. The van der Waals surface area contributed by atoms with Gasteiger partial charge in [-0.3, -0.25) is 0 Å². The molecule has 0 atom stereocenters. The zero-order chi connectivity index (χ0) is 15.7. The summed E-state index contributed by atoms with van der Waals surface area (Å²) in [6.07, 6.45) is 10.6. The Bertz CT molecular complexity index is 381. The highest BCUT2D eigenvalue weighted by Gasteiger charge is 2.10. The third-order valence-corrected chi connectivity index (χ3v) is 5.37. The highest BCUT2D eigenvalue weighted by Crippen LogP contribution is 2.26. The van der Waals surface area contributed by atoms with E-state index >= 15 is 0 Å². The van der Waals surface area contributed by atoms with Gasteiger partial charge in [-0.2, -0.15) is 0 Å². The number of halogens is 1. The summed E-state index contributed by atoms with van der Waals surface area (Å²) >= 11 is 3.65. The zero-order valence-electron chi connectivity index (χ0n) is 14.3. The highest BCUT2D eigenvalue weighted by atomic mass is 79.9. The number of unbranched alkanes of at least 4 members (excludes halogenated alkanes) is 4. The van der Waals surface area contributed by atoms with Gasteiger partial charge in [0.05, 0.1) is 0 Å². The Hall–Kier alpha value is -0.500. The molecule has 0 aliphatic carbocycles. The Kier molecular flexibility index (Phi) is 9.07. The van der Waals surface area contributed by atoms with Crippen molar-refractivity contribution in [2.75, 3.05) is 5.32 Å². The van der Waals surface area contributed by atoms with Crippen LogP contribution in [0.15, 0.2) is 16.6 Å². The van der Waals surface area contributed by atoms with E-state index in [1.54, 1.807) is 0 Å². The molecular weight excluding hydrogens is 322 g/mol. The van der Waals surface area contributed by atoms with Gasteiger partial charge >= 0.3 is 0 Å². The van der Waals surface area contributed by atoms with Crippen molar-refractivity contribution >= 4 is 21.6 Å². The fraction of sp³-hybridized carbons (Fsp3) is 0.684. The molecule has 1 rings (SSSR count). The summed E-state index contributed by atoms with van der Waals surface area (Å²) in [5, 5.41) is 3.78. The third kappa shape index (κ3) is 6.86. The minimum atomic E-state index is 0.628. The van der Waals surface area contributed by atoms with Crippen molar-refractivity contribution in [2.45, 2.75) is 85.1 Å². The lowest BCUT2D eigenvalue weighted by molar-refractivity contribution is 0.526. The molecule has 0 bridgehead atoms. The molecule has 0 saturated heterocycles. The quantitative estimate of drug-likeness (QED) is 0.446. The van der Waals surface area contributed by atoms with Gasteiger partial charge in [-0.1, -0.05) is 68.3 Å². The fourth-order valence-corrected chi connectivity index (χ4v) is 3.06. The van der Waals surface area contributed by atoms with Crippen LogP contribution in [0, 0.1) is 13.8 Å². The Morgan fingerprint density at radius 2 is 1.38 bits per heavy atom. The smallest absolute Gasteiger partial charge is 0.0348 e. The van der Waals surface area contributed by atoms with E-state index in [2.05, 4.69) is 61.1 Å². The molecule has 1 aromatic carbocycles. The maximum absolute atomic E-state index is 3.78. The van der Waals surface area contributed by atoms with E-state index in [0.29, 0.717) is 6.04 Å². The van der Waals surface area contributed by atoms with Crippen LogP contribution in [0.1, 0.15) is 76.3 Å². The molecule has 21 heavy (non-hydrogen) atoms. The first-order chi connectivity index (χ1) is 10.1. The third-order valence-electron chi connectivity index (χ3n) is 4.12. The van der Waals surface area contributed by atoms with Gasteiger partial charge in [-0.15, -0.1) is 0 Å².